The Balaban J connectivity index is 1.64. The number of benzene rings is 2. The van der Waals surface area contributed by atoms with E-state index in [0.717, 1.165) is 25.1 Å². The second-order valence-corrected chi connectivity index (χ2v) is 8.38. The zero-order valence-electron chi connectivity index (χ0n) is 15.1. The average Bonchev–Trinajstić information content (AvgIpc) is 2.66. The van der Waals surface area contributed by atoms with Crippen LogP contribution in [0.3, 0.4) is 0 Å². The first-order valence-electron chi connectivity index (χ1n) is 8.87. The van der Waals surface area contributed by atoms with Gasteiger partial charge in [0.1, 0.15) is 10.6 Å². The van der Waals surface area contributed by atoms with Crippen molar-refractivity contribution >= 4 is 10.0 Å². The molecule has 0 amide bonds. The highest BCUT2D eigenvalue weighted by atomic mass is 32.2. The molecular weight excluding hydrogens is 393 g/mol. The normalized spacial score (nSPS) is 16.8. The first-order chi connectivity index (χ1) is 13.3. The second-order valence-electron chi connectivity index (χ2n) is 6.48. The molecular formula is C19H21F3N2O3S. The lowest BCUT2D eigenvalue weighted by molar-refractivity contribution is -0.275. The van der Waals surface area contributed by atoms with Gasteiger partial charge in [0, 0.05) is 32.7 Å². The number of nitrogens with zero attached hydrogens (tertiary/aromatic N) is 2. The molecule has 0 spiro atoms. The fourth-order valence-electron chi connectivity index (χ4n) is 3.14. The van der Waals surface area contributed by atoms with Gasteiger partial charge in [-0.3, -0.25) is 0 Å². The summed E-state index contributed by atoms with van der Waals surface area (Å²) in [4.78, 5) is 1.68. The van der Waals surface area contributed by atoms with E-state index in [2.05, 4.69) is 9.64 Å². The predicted octanol–water partition coefficient (Wildman–Crippen LogP) is 3.13. The maximum Gasteiger partial charge on any atom is 0.573 e. The molecule has 0 radical (unpaired) electrons. The fraction of sp³-hybridized carbons (Fsp3) is 0.368. The Morgan fingerprint density at radius 1 is 0.893 bits per heavy atom. The van der Waals surface area contributed by atoms with Crippen LogP contribution in [0.15, 0.2) is 59.5 Å². The minimum atomic E-state index is -4.96. The summed E-state index contributed by atoms with van der Waals surface area (Å²) in [6, 6.07) is 14.8. The Bertz CT molecular complexity index is 881. The van der Waals surface area contributed by atoms with Crippen LogP contribution in [0, 0.1) is 0 Å². The van der Waals surface area contributed by atoms with Crippen molar-refractivity contribution in [2.24, 2.45) is 0 Å². The molecule has 0 aliphatic carbocycles. The number of halogens is 3. The summed E-state index contributed by atoms with van der Waals surface area (Å²) in [7, 11) is -4.07. The van der Waals surface area contributed by atoms with E-state index >= 15 is 0 Å². The van der Waals surface area contributed by atoms with Gasteiger partial charge in [-0.2, -0.15) is 4.31 Å². The molecule has 0 atom stereocenters. The lowest BCUT2D eigenvalue weighted by Crippen LogP contribution is -2.49. The van der Waals surface area contributed by atoms with Gasteiger partial charge >= 0.3 is 6.36 Å². The molecule has 1 aliphatic rings. The molecule has 1 fully saturated rings. The minimum absolute atomic E-state index is 0.220. The quantitative estimate of drug-likeness (QED) is 0.729. The van der Waals surface area contributed by atoms with Gasteiger partial charge in [-0.1, -0.05) is 42.5 Å². The number of piperazine rings is 1. The lowest BCUT2D eigenvalue weighted by atomic mass is 10.1. The van der Waals surface area contributed by atoms with Crippen molar-refractivity contribution in [1.29, 1.82) is 0 Å². The van der Waals surface area contributed by atoms with E-state index in [1.807, 2.05) is 30.3 Å². The van der Waals surface area contributed by atoms with Crippen molar-refractivity contribution in [1.82, 2.24) is 9.21 Å². The first kappa shape index (κ1) is 20.6. The van der Waals surface area contributed by atoms with Gasteiger partial charge in [0.05, 0.1) is 0 Å². The number of sulfonamides is 1. The van der Waals surface area contributed by atoms with Crippen molar-refractivity contribution in [2.75, 3.05) is 32.7 Å². The molecule has 0 bridgehead atoms. The van der Waals surface area contributed by atoms with Crippen LogP contribution in [0.25, 0.3) is 0 Å². The van der Waals surface area contributed by atoms with Gasteiger partial charge in [0.2, 0.25) is 10.0 Å². The monoisotopic (exact) mass is 414 g/mol. The van der Waals surface area contributed by atoms with Gasteiger partial charge in [-0.25, -0.2) is 8.42 Å². The summed E-state index contributed by atoms with van der Waals surface area (Å²) in [5, 5.41) is 0. The van der Waals surface area contributed by atoms with E-state index in [1.165, 1.54) is 22.0 Å². The summed E-state index contributed by atoms with van der Waals surface area (Å²) in [5.74, 6) is -0.707. The second kappa shape index (κ2) is 8.50. The molecule has 3 rings (SSSR count). The molecule has 152 valence electrons. The number of alkyl halides is 3. The van der Waals surface area contributed by atoms with E-state index in [0.29, 0.717) is 13.1 Å². The van der Waals surface area contributed by atoms with Crippen molar-refractivity contribution < 1.29 is 26.3 Å². The van der Waals surface area contributed by atoms with Gasteiger partial charge in [-0.05, 0) is 24.1 Å². The van der Waals surface area contributed by atoms with Crippen LogP contribution < -0.4 is 4.74 Å². The van der Waals surface area contributed by atoms with Gasteiger partial charge in [0.25, 0.3) is 0 Å². The topological polar surface area (TPSA) is 49.9 Å². The zero-order valence-corrected chi connectivity index (χ0v) is 15.9. The van der Waals surface area contributed by atoms with Crippen molar-refractivity contribution in [3.05, 3.63) is 60.2 Å². The largest absolute Gasteiger partial charge is 0.573 e. The third-order valence-electron chi connectivity index (χ3n) is 4.58. The van der Waals surface area contributed by atoms with Crippen LogP contribution in [0.1, 0.15) is 5.56 Å². The summed E-state index contributed by atoms with van der Waals surface area (Å²) < 4.78 is 68.6. The van der Waals surface area contributed by atoms with Gasteiger partial charge in [-0.15, -0.1) is 13.2 Å². The summed E-state index contributed by atoms with van der Waals surface area (Å²) in [5.41, 5.74) is 1.20. The van der Waals surface area contributed by atoms with E-state index in [-0.39, 0.29) is 13.1 Å². The van der Waals surface area contributed by atoms with Crippen molar-refractivity contribution in [3.8, 4) is 5.75 Å². The average molecular weight is 414 g/mol. The molecule has 0 unspecified atom stereocenters. The molecule has 0 N–H and O–H groups in total. The number of rotatable bonds is 6. The minimum Gasteiger partial charge on any atom is -0.404 e. The number of ether oxygens (including phenoxy) is 1. The number of hydrogen-bond donors (Lipinski definition) is 0. The first-order valence-corrected chi connectivity index (χ1v) is 10.3. The third-order valence-corrected chi connectivity index (χ3v) is 6.52. The maximum atomic E-state index is 12.8. The van der Waals surface area contributed by atoms with Gasteiger partial charge in [0.15, 0.2) is 0 Å². The van der Waals surface area contributed by atoms with E-state index in [1.54, 1.807) is 0 Å². The highest BCUT2D eigenvalue weighted by molar-refractivity contribution is 7.89. The molecule has 9 heteroatoms. The Kier molecular flexibility index (Phi) is 6.26. The summed E-state index contributed by atoms with van der Waals surface area (Å²) in [6.07, 6.45) is -4.10. The van der Waals surface area contributed by atoms with Crippen LogP contribution in [0.4, 0.5) is 13.2 Å². The third kappa shape index (κ3) is 5.24. The molecule has 2 aromatic rings. The predicted molar refractivity (Wildman–Crippen MR) is 98.5 cm³/mol. The van der Waals surface area contributed by atoms with E-state index in [9.17, 15) is 21.6 Å². The Morgan fingerprint density at radius 2 is 1.50 bits per heavy atom. The molecule has 1 aliphatic heterocycles. The molecule has 1 saturated heterocycles. The Labute approximate surface area is 162 Å². The Morgan fingerprint density at radius 3 is 2.14 bits per heavy atom. The Hall–Kier alpha value is -2.10. The summed E-state index contributed by atoms with van der Waals surface area (Å²) >= 11 is 0. The fourth-order valence-corrected chi connectivity index (χ4v) is 4.67. The summed E-state index contributed by atoms with van der Waals surface area (Å²) in [6.45, 7) is 2.28. The molecule has 0 aromatic heterocycles. The van der Waals surface area contributed by atoms with Crippen LogP contribution in [0.5, 0.6) is 5.75 Å². The van der Waals surface area contributed by atoms with Crippen molar-refractivity contribution in [3.63, 3.8) is 0 Å². The van der Waals surface area contributed by atoms with E-state index in [4.69, 9.17) is 0 Å². The molecule has 28 heavy (non-hydrogen) atoms. The standard InChI is InChI=1S/C19H21F3N2O3S/c20-19(21,22)27-17-8-4-5-9-18(17)28(25,26)24-14-12-23(13-15-24)11-10-16-6-2-1-3-7-16/h1-9H,10-15H2. The van der Waals surface area contributed by atoms with E-state index < -0.39 is 27.0 Å². The van der Waals surface area contributed by atoms with Gasteiger partial charge < -0.3 is 9.64 Å². The molecule has 1 heterocycles. The highest BCUT2D eigenvalue weighted by Crippen LogP contribution is 2.31. The van der Waals surface area contributed by atoms with Crippen molar-refractivity contribution in [2.45, 2.75) is 17.7 Å². The zero-order chi connectivity index (χ0) is 20.2. The van der Waals surface area contributed by atoms with Crippen LogP contribution >= 0.6 is 0 Å². The molecule has 0 saturated carbocycles. The molecule has 2 aromatic carbocycles. The smallest absolute Gasteiger partial charge is 0.404 e. The maximum absolute atomic E-state index is 12.8. The lowest BCUT2D eigenvalue weighted by Gasteiger charge is -2.34. The van der Waals surface area contributed by atoms with Crippen LogP contribution in [-0.2, 0) is 16.4 Å². The molecule has 5 nitrogen and oxygen atoms in total. The SMILES string of the molecule is O=S(=O)(c1ccccc1OC(F)(F)F)N1CCN(CCc2ccccc2)CC1. The number of hydrogen-bond acceptors (Lipinski definition) is 4. The van der Waals surface area contributed by atoms with Crippen LogP contribution in [0.2, 0.25) is 0 Å². The highest BCUT2D eigenvalue weighted by Gasteiger charge is 2.36. The number of para-hydroxylation sites is 1. The van der Waals surface area contributed by atoms with Crippen LogP contribution in [-0.4, -0.2) is 56.7 Å².